The molecule has 0 aliphatic carbocycles. The van der Waals surface area contributed by atoms with Crippen molar-refractivity contribution in [3.8, 4) is 6.07 Å². The summed E-state index contributed by atoms with van der Waals surface area (Å²) >= 11 is 11.0. The Kier molecular flexibility index (Phi) is 3.62. The highest BCUT2D eigenvalue weighted by atomic mass is 35.5. The zero-order valence-electron chi connectivity index (χ0n) is 6.77. The summed E-state index contributed by atoms with van der Waals surface area (Å²) in [5.74, 6) is 0. The monoisotopic (exact) mass is 236 g/mol. The van der Waals surface area contributed by atoms with Crippen molar-refractivity contribution in [3.05, 3.63) is 27.5 Å². The lowest BCUT2D eigenvalue weighted by molar-refractivity contribution is 0.150. The molecule has 0 saturated heterocycles. The Labute approximate surface area is 89.1 Å². The first-order valence-corrected chi connectivity index (χ1v) is 4.31. The Bertz CT molecular complexity index is 388. The largest absolute Gasteiger partial charge is 0.267 e. The quantitative estimate of drug-likeness (QED) is 0.739. The van der Waals surface area contributed by atoms with Crippen LogP contribution in [0.15, 0.2) is 6.07 Å². The van der Waals surface area contributed by atoms with Crippen LogP contribution in [0.3, 0.4) is 0 Å². The van der Waals surface area contributed by atoms with Crippen molar-refractivity contribution in [3.63, 3.8) is 0 Å². The molecule has 1 aromatic rings. The van der Waals surface area contributed by atoms with E-state index in [9.17, 15) is 8.78 Å². The van der Waals surface area contributed by atoms with Crippen LogP contribution in [0.25, 0.3) is 0 Å². The van der Waals surface area contributed by atoms with E-state index in [1.807, 2.05) is 0 Å². The second-order valence-electron chi connectivity index (χ2n) is 2.44. The lowest BCUT2D eigenvalue weighted by Crippen LogP contribution is -1.97. The van der Waals surface area contributed by atoms with Gasteiger partial charge in [0.1, 0.15) is 10.3 Å². The first-order chi connectivity index (χ1) is 6.56. The highest BCUT2D eigenvalue weighted by Gasteiger charge is 2.18. The molecule has 0 fully saturated rings. The lowest BCUT2D eigenvalue weighted by atomic mass is 10.1. The highest BCUT2D eigenvalue weighted by molar-refractivity contribution is 6.33. The summed E-state index contributed by atoms with van der Waals surface area (Å²) in [5, 5.41) is 8.06. The number of nitriles is 1. The third-order valence-electron chi connectivity index (χ3n) is 1.55. The Morgan fingerprint density at radius 2 is 2.14 bits per heavy atom. The fourth-order valence-electron chi connectivity index (χ4n) is 1.00. The van der Waals surface area contributed by atoms with Crippen LogP contribution in [-0.2, 0) is 6.42 Å². The summed E-state index contributed by atoms with van der Waals surface area (Å²) in [6, 6.07) is 2.98. The standard InChI is InChI=1S/C8H4Cl2F2N2/c9-5-3-4(1-2-13)6(8(11)12)7(10)14-5/h3,8H,1H2. The molecule has 2 nitrogen and oxygen atoms in total. The van der Waals surface area contributed by atoms with Crippen LogP contribution in [0.4, 0.5) is 8.78 Å². The Morgan fingerprint density at radius 1 is 1.50 bits per heavy atom. The first-order valence-electron chi connectivity index (χ1n) is 3.56. The minimum atomic E-state index is -2.75. The zero-order chi connectivity index (χ0) is 10.7. The number of hydrogen-bond donors (Lipinski definition) is 0. The van der Waals surface area contributed by atoms with E-state index in [4.69, 9.17) is 28.5 Å². The number of aromatic nitrogens is 1. The van der Waals surface area contributed by atoms with E-state index in [-0.39, 0.29) is 22.3 Å². The molecule has 0 aliphatic heterocycles. The molecule has 0 spiro atoms. The maximum absolute atomic E-state index is 12.5. The van der Waals surface area contributed by atoms with Crippen molar-refractivity contribution < 1.29 is 8.78 Å². The molecule has 1 heterocycles. The zero-order valence-corrected chi connectivity index (χ0v) is 8.28. The van der Waals surface area contributed by atoms with Crippen molar-refractivity contribution in [2.75, 3.05) is 0 Å². The molecule has 1 rings (SSSR count). The van der Waals surface area contributed by atoms with E-state index in [1.54, 1.807) is 6.07 Å². The second-order valence-corrected chi connectivity index (χ2v) is 3.19. The van der Waals surface area contributed by atoms with Crippen LogP contribution in [0.5, 0.6) is 0 Å². The summed E-state index contributed by atoms with van der Waals surface area (Å²) in [4.78, 5) is 3.48. The summed E-state index contributed by atoms with van der Waals surface area (Å²) in [7, 11) is 0. The lowest BCUT2D eigenvalue weighted by Gasteiger charge is -2.07. The molecule has 0 radical (unpaired) electrons. The molecule has 0 unspecified atom stereocenters. The molecular formula is C8H4Cl2F2N2. The average Bonchev–Trinajstić information content (AvgIpc) is 2.01. The summed E-state index contributed by atoms with van der Waals surface area (Å²) < 4.78 is 24.9. The van der Waals surface area contributed by atoms with Gasteiger partial charge in [0.05, 0.1) is 18.1 Å². The molecule has 0 aliphatic rings. The average molecular weight is 237 g/mol. The van der Waals surface area contributed by atoms with E-state index in [2.05, 4.69) is 4.98 Å². The maximum Gasteiger partial charge on any atom is 0.267 e. The van der Waals surface area contributed by atoms with Crippen molar-refractivity contribution in [2.45, 2.75) is 12.8 Å². The van der Waals surface area contributed by atoms with Gasteiger partial charge in [0.25, 0.3) is 6.43 Å². The van der Waals surface area contributed by atoms with Gasteiger partial charge in [-0.2, -0.15) is 5.26 Å². The van der Waals surface area contributed by atoms with E-state index in [1.165, 1.54) is 6.07 Å². The van der Waals surface area contributed by atoms with Crippen molar-refractivity contribution in [1.82, 2.24) is 4.98 Å². The number of alkyl halides is 2. The van der Waals surface area contributed by atoms with Gasteiger partial charge in [-0.25, -0.2) is 13.8 Å². The Morgan fingerprint density at radius 3 is 2.64 bits per heavy atom. The van der Waals surface area contributed by atoms with Gasteiger partial charge < -0.3 is 0 Å². The Hall–Kier alpha value is -0.920. The molecule has 0 saturated carbocycles. The molecule has 0 atom stereocenters. The third-order valence-corrected chi connectivity index (χ3v) is 2.04. The smallest absolute Gasteiger partial charge is 0.224 e. The van der Waals surface area contributed by atoms with E-state index in [0.29, 0.717) is 0 Å². The third kappa shape index (κ3) is 2.31. The molecule has 74 valence electrons. The van der Waals surface area contributed by atoms with Gasteiger partial charge in [-0.05, 0) is 11.6 Å². The molecule has 14 heavy (non-hydrogen) atoms. The fraction of sp³-hybridized carbons (Fsp3) is 0.250. The summed E-state index contributed by atoms with van der Waals surface area (Å²) in [6.07, 6.45) is -2.92. The maximum atomic E-state index is 12.5. The summed E-state index contributed by atoms with van der Waals surface area (Å²) in [5.41, 5.74) is -0.301. The fourth-order valence-corrected chi connectivity index (χ4v) is 1.56. The van der Waals surface area contributed by atoms with Gasteiger partial charge in [0.2, 0.25) is 0 Å². The van der Waals surface area contributed by atoms with Gasteiger partial charge in [-0.3, -0.25) is 0 Å². The molecule has 0 N–H and O–H groups in total. The number of halogens is 4. The van der Waals surface area contributed by atoms with Crippen molar-refractivity contribution in [1.29, 1.82) is 5.26 Å². The van der Waals surface area contributed by atoms with Crippen molar-refractivity contribution >= 4 is 23.2 Å². The minimum absolute atomic E-state index is 0.00431. The Balaban J connectivity index is 3.30. The minimum Gasteiger partial charge on any atom is -0.224 e. The van der Waals surface area contributed by atoms with E-state index < -0.39 is 12.0 Å². The second kappa shape index (κ2) is 4.54. The van der Waals surface area contributed by atoms with Crippen LogP contribution < -0.4 is 0 Å². The SMILES string of the molecule is N#CCc1cc(Cl)nc(Cl)c1C(F)F. The predicted molar refractivity (Wildman–Crippen MR) is 48.5 cm³/mol. The van der Waals surface area contributed by atoms with E-state index >= 15 is 0 Å². The number of pyridine rings is 1. The number of rotatable bonds is 2. The molecule has 0 bridgehead atoms. The first kappa shape index (κ1) is 11.2. The molecular weight excluding hydrogens is 233 g/mol. The predicted octanol–water partition coefficient (Wildman–Crippen LogP) is 3.39. The van der Waals surface area contributed by atoms with Crippen LogP contribution in [0, 0.1) is 11.3 Å². The topological polar surface area (TPSA) is 36.7 Å². The highest BCUT2D eigenvalue weighted by Crippen LogP contribution is 2.30. The number of hydrogen-bond acceptors (Lipinski definition) is 2. The van der Waals surface area contributed by atoms with Crippen molar-refractivity contribution in [2.24, 2.45) is 0 Å². The number of nitrogens with zero attached hydrogens (tertiary/aromatic N) is 2. The van der Waals surface area contributed by atoms with Gasteiger partial charge in [0.15, 0.2) is 0 Å². The van der Waals surface area contributed by atoms with Crippen LogP contribution >= 0.6 is 23.2 Å². The van der Waals surface area contributed by atoms with Gasteiger partial charge >= 0.3 is 0 Å². The van der Waals surface area contributed by atoms with Crippen LogP contribution in [0.2, 0.25) is 10.3 Å². The molecule has 0 aromatic carbocycles. The van der Waals surface area contributed by atoms with E-state index in [0.717, 1.165) is 0 Å². The summed E-state index contributed by atoms with van der Waals surface area (Å²) in [6.45, 7) is 0. The normalized spacial score (nSPS) is 10.3. The molecule has 0 amide bonds. The van der Waals surface area contributed by atoms with Gasteiger partial charge in [0, 0.05) is 0 Å². The molecule has 1 aromatic heterocycles. The van der Waals surface area contributed by atoms with Crippen LogP contribution in [0.1, 0.15) is 17.6 Å². The van der Waals surface area contributed by atoms with Gasteiger partial charge in [-0.15, -0.1) is 0 Å². The van der Waals surface area contributed by atoms with Gasteiger partial charge in [-0.1, -0.05) is 23.2 Å². The van der Waals surface area contributed by atoms with Crippen LogP contribution in [-0.4, -0.2) is 4.98 Å². The molecule has 6 heteroatoms.